The van der Waals surface area contributed by atoms with Crippen molar-refractivity contribution in [3.05, 3.63) is 47.2 Å². The number of anilines is 3. The van der Waals surface area contributed by atoms with Gasteiger partial charge in [-0.1, -0.05) is 6.07 Å². The molecule has 6 nitrogen and oxygen atoms in total. The van der Waals surface area contributed by atoms with Gasteiger partial charge in [0.2, 0.25) is 0 Å². The summed E-state index contributed by atoms with van der Waals surface area (Å²) in [5, 5.41) is 12.0. The largest absolute Gasteiger partial charge is 0.464 e. The smallest absolute Gasteiger partial charge is 0.356 e. The highest BCUT2D eigenvalue weighted by Gasteiger charge is 2.11. The number of hydrogen-bond donors (Lipinski definition) is 2. The summed E-state index contributed by atoms with van der Waals surface area (Å²) in [7, 11) is 1.29. The van der Waals surface area contributed by atoms with E-state index in [0.717, 1.165) is 5.56 Å². The predicted molar refractivity (Wildman–Crippen MR) is 79.2 cm³/mol. The summed E-state index contributed by atoms with van der Waals surface area (Å²) in [4.78, 5) is 15.6. The number of nitriles is 1. The van der Waals surface area contributed by atoms with Gasteiger partial charge in [-0.25, -0.2) is 9.78 Å². The fourth-order valence-electron chi connectivity index (χ4n) is 1.74. The fraction of sp³-hybridized carbons (Fsp3) is 0.133. The molecule has 0 fully saturated rings. The van der Waals surface area contributed by atoms with Crippen LogP contribution in [0.3, 0.4) is 0 Å². The van der Waals surface area contributed by atoms with Crippen LogP contribution in [0, 0.1) is 18.3 Å². The molecule has 0 saturated heterocycles. The minimum Gasteiger partial charge on any atom is -0.464 e. The van der Waals surface area contributed by atoms with Crippen molar-refractivity contribution in [2.45, 2.75) is 6.92 Å². The topological polar surface area (TPSA) is 101 Å². The average molecular weight is 282 g/mol. The third-order valence-corrected chi connectivity index (χ3v) is 2.94. The minimum absolute atomic E-state index is 0.156. The van der Waals surface area contributed by atoms with Crippen LogP contribution >= 0.6 is 0 Å². The van der Waals surface area contributed by atoms with E-state index in [1.807, 2.05) is 13.0 Å². The van der Waals surface area contributed by atoms with Gasteiger partial charge in [-0.3, -0.25) is 0 Å². The van der Waals surface area contributed by atoms with Crippen molar-refractivity contribution in [1.29, 1.82) is 5.26 Å². The highest BCUT2D eigenvalue weighted by Crippen LogP contribution is 2.24. The standard InChI is InChI=1S/C15H14N4O2/c1-9-3-4-10(8-16)7-13(9)19-14-11(17)5-6-12(18-14)15(20)21-2/h3-7H,17H2,1-2H3,(H,18,19). The molecule has 2 rings (SSSR count). The second-order valence-corrected chi connectivity index (χ2v) is 4.39. The highest BCUT2D eigenvalue weighted by atomic mass is 16.5. The number of carbonyl (C=O) groups excluding carboxylic acids is 1. The first-order valence-electron chi connectivity index (χ1n) is 6.17. The molecule has 3 N–H and O–H groups in total. The van der Waals surface area contributed by atoms with Gasteiger partial charge < -0.3 is 15.8 Å². The van der Waals surface area contributed by atoms with Crippen molar-refractivity contribution in [3.8, 4) is 6.07 Å². The molecule has 0 aliphatic carbocycles. The molecule has 0 unspecified atom stereocenters. The first kappa shape index (κ1) is 14.3. The summed E-state index contributed by atoms with van der Waals surface area (Å²) < 4.78 is 4.63. The van der Waals surface area contributed by atoms with Crippen molar-refractivity contribution in [2.24, 2.45) is 0 Å². The van der Waals surface area contributed by atoms with Gasteiger partial charge in [0.15, 0.2) is 11.5 Å². The summed E-state index contributed by atoms with van der Waals surface area (Å²) in [6, 6.07) is 10.4. The summed E-state index contributed by atoms with van der Waals surface area (Å²) in [6.07, 6.45) is 0. The van der Waals surface area contributed by atoms with E-state index in [1.165, 1.54) is 13.2 Å². The number of aromatic nitrogens is 1. The zero-order chi connectivity index (χ0) is 15.4. The monoisotopic (exact) mass is 282 g/mol. The van der Waals surface area contributed by atoms with Gasteiger partial charge in [0.1, 0.15) is 0 Å². The molecule has 1 aromatic heterocycles. The summed E-state index contributed by atoms with van der Waals surface area (Å²) in [5.41, 5.74) is 8.56. The van der Waals surface area contributed by atoms with Crippen molar-refractivity contribution in [3.63, 3.8) is 0 Å². The molecular weight excluding hydrogens is 268 g/mol. The molecule has 106 valence electrons. The molecule has 0 bridgehead atoms. The van der Waals surface area contributed by atoms with Gasteiger partial charge in [0.05, 0.1) is 24.4 Å². The minimum atomic E-state index is -0.541. The van der Waals surface area contributed by atoms with Crippen molar-refractivity contribution in [2.75, 3.05) is 18.2 Å². The van der Waals surface area contributed by atoms with Crippen LogP contribution in [0.15, 0.2) is 30.3 Å². The second kappa shape index (κ2) is 5.92. The summed E-state index contributed by atoms with van der Waals surface area (Å²) >= 11 is 0. The van der Waals surface area contributed by atoms with E-state index in [9.17, 15) is 4.79 Å². The van der Waals surface area contributed by atoms with Gasteiger partial charge in [-0.15, -0.1) is 0 Å². The Kier molecular flexibility index (Phi) is 4.05. The van der Waals surface area contributed by atoms with Crippen molar-refractivity contribution >= 4 is 23.2 Å². The normalized spacial score (nSPS) is 9.76. The first-order chi connectivity index (χ1) is 10.0. The van der Waals surface area contributed by atoms with Gasteiger partial charge in [-0.05, 0) is 36.8 Å². The maximum absolute atomic E-state index is 11.5. The number of ether oxygens (including phenoxy) is 1. The van der Waals surface area contributed by atoms with Crippen LogP contribution < -0.4 is 11.1 Å². The Morgan fingerprint density at radius 1 is 1.38 bits per heavy atom. The first-order valence-corrected chi connectivity index (χ1v) is 6.17. The maximum Gasteiger partial charge on any atom is 0.356 e. The quantitative estimate of drug-likeness (QED) is 0.838. The molecule has 1 heterocycles. The van der Waals surface area contributed by atoms with Crippen LogP contribution in [-0.2, 0) is 4.74 Å². The number of nitrogens with zero attached hydrogens (tertiary/aromatic N) is 2. The van der Waals surface area contributed by atoms with E-state index in [-0.39, 0.29) is 5.69 Å². The van der Waals surface area contributed by atoms with Crippen LogP contribution in [0.4, 0.5) is 17.2 Å². The van der Waals surface area contributed by atoms with Crippen LogP contribution in [0.2, 0.25) is 0 Å². The van der Waals surface area contributed by atoms with Crippen LogP contribution in [0.25, 0.3) is 0 Å². The number of methoxy groups -OCH3 is 1. The molecule has 6 heteroatoms. The number of nitrogen functional groups attached to an aromatic ring is 1. The molecular formula is C15H14N4O2. The lowest BCUT2D eigenvalue weighted by Gasteiger charge is -2.12. The maximum atomic E-state index is 11.5. The Bertz CT molecular complexity index is 735. The molecule has 0 amide bonds. The molecule has 1 aromatic carbocycles. The third kappa shape index (κ3) is 3.09. The van der Waals surface area contributed by atoms with Crippen LogP contribution in [-0.4, -0.2) is 18.1 Å². The molecule has 0 spiro atoms. The number of esters is 1. The van der Waals surface area contributed by atoms with E-state index >= 15 is 0 Å². The Morgan fingerprint density at radius 2 is 2.14 bits per heavy atom. The predicted octanol–water partition coefficient (Wildman–Crippen LogP) is 2.37. The van der Waals surface area contributed by atoms with Gasteiger partial charge in [0.25, 0.3) is 0 Å². The molecule has 0 aliphatic heterocycles. The SMILES string of the molecule is COC(=O)c1ccc(N)c(Nc2cc(C#N)ccc2C)n1. The Labute approximate surface area is 122 Å². The Morgan fingerprint density at radius 3 is 2.81 bits per heavy atom. The molecule has 2 aromatic rings. The lowest BCUT2D eigenvalue weighted by Crippen LogP contribution is -2.08. The number of hydrogen-bond acceptors (Lipinski definition) is 6. The zero-order valence-electron chi connectivity index (χ0n) is 11.7. The number of pyridine rings is 1. The summed E-state index contributed by atoms with van der Waals surface area (Å²) in [5.74, 6) is -0.198. The lowest BCUT2D eigenvalue weighted by atomic mass is 10.1. The summed E-state index contributed by atoms with van der Waals surface area (Å²) in [6.45, 7) is 1.89. The molecule has 0 aliphatic rings. The number of carbonyl (C=O) groups is 1. The van der Waals surface area contributed by atoms with E-state index in [2.05, 4.69) is 21.1 Å². The lowest BCUT2D eigenvalue weighted by molar-refractivity contribution is 0.0594. The molecule has 0 saturated carbocycles. The number of aryl methyl sites for hydroxylation is 1. The number of benzene rings is 1. The van der Waals surface area contributed by atoms with E-state index in [1.54, 1.807) is 18.2 Å². The fourth-order valence-corrected chi connectivity index (χ4v) is 1.74. The van der Waals surface area contributed by atoms with Gasteiger partial charge in [-0.2, -0.15) is 5.26 Å². The van der Waals surface area contributed by atoms with Gasteiger partial charge in [0, 0.05) is 5.69 Å². The van der Waals surface area contributed by atoms with E-state index < -0.39 is 5.97 Å². The molecule has 0 radical (unpaired) electrons. The number of rotatable bonds is 3. The highest BCUT2D eigenvalue weighted by molar-refractivity contribution is 5.89. The number of nitrogens with one attached hydrogen (secondary N) is 1. The second-order valence-electron chi connectivity index (χ2n) is 4.39. The Hall–Kier alpha value is -3.07. The van der Waals surface area contributed by atoms with Gasteiger partial charge >= 0.3 is 5.97 Å². The van der Waals surface area contributed by atoms with Crippen molar-refractivity contribution in [1.82, 2.24) is 4.98 Å². The molecule has 21 heavy (non-hydrogen) atoms. The van der Waals surface area contributed by atoms with E-state index in [4.69, 9.17) is 11.0 Å². The van der Waals surface area contributed by atoms with Crippen LogP contribution in [0.5, 0.6) is 0 Å². The van der Waals surface area contributed by atoms with Crippen molar-refractivity contribution < 1.29 is 9.53 Å². The average Bonchev–Trinajstić information content (AvgIpc) is 2.50. The number of nitrogens with two attached hydrogens (primary N) is 1. The third-order valence-electron chi connectivity index (χ3n) is 2.94. The molecule has 0 atom stereocenters. The van der Waals surface area contributed by atoms with E-state index in [0.29, 0.717) is 22.8 Å². The Balaban J connectivity index is 2.39. The zero-order valence-corrected chi connectivity index (χ0v) is 11.7. The van der Waals surface area contributed by atoms with Crippen LogP contribution in [0.1, 0.15) is 21.6 Å².